The van der Waals surface area contributed by atoms with Gasteiger partial charge in [0.2, 0.25) is 0 Å². The number of amides is 1. The van der Waals surface area contributed by atoms with Crippen molar-refractivity contribution in [2.75, 3.05) is 31.6 Å². The number of aromatic amines is 1. The van der Waals surface area contributed by atoms with Crippen molar-refractivity contribution in [1.82, 2.24) is 19.9 Å². The van der Waals surface area contributed by atoms with Crippen LogP contribution >= 0.6 is 22.9 Å². The molecule has 0 saturated carbocycles. The Morgan fingerprint density at radius 2 is 1.97 bits per heavy atom. The number of H-pyrrole nitrogens is 1. The molecule has 1 saturated heterocycles. The lowest BCUT2D eigenvalue weighted by Gasteiger charge is -2.26. The summed E-state index contributed by atoms with van der Waals surface area (Å²) in [4.78, 5) is 38.9. The number of morpholine rings is 1. The van der Waals surface area contributed by atoms with E-state index < -0.39 is 11.5 Å². The summed E-state index contributed by atoms with van der Waals surface area (Å²) in [5.74, 6) is -0.194. The number of hydrogen-bond acceptors (Lipinski definition) is 7. The Bertz CT molecular complexity index is 1360. The molecular formula is C23H20ClN5O3S. The zero-order chi connectivity index (χ0) is 22.8. The fourth-order valence-electron chi connectivity index (χ4n) is 3.61. The summed E-state index contributed by atoms with van der Waals surface area (Å²) >= 11 is 7.27. The van der Waals surface area contributed by atoms with Gasteiger partial charge in [-0.25, -0.2) is 9.97 Å². The van der Waals surface area contributed by atoms with Crippen LogP contribution < -0.4 is 10.9 Å². The third-order valence-electron chi connectivity index (χ3n) is 5.34. The minimum Gasteiger partial charge on any atom is -0.379 e. The average molecular weight is 482 g/mol. The van der Waals surface area contributed by atoms with Crippen molar-refractivity contribution < 1.29 is 9.53 Å². The summed E-state index contributed by atoms with van der Waals surface area (Å²) in [5.41, 5.74) is 2.07. The number of halogens is 1. The SMILES string of the molecule is O=C(Nc1nc2ccc(CN3CCOCC3)cc2s1)c1cnc(-c2ccc(Cl)cc2)[nH]c1=O. The number of benzene rings is 2. The highest BCUT2D eigenvalue weighted by molar-refractivity contribution is 7.22. The van der Waals surface area contributed by atoms with Crippen molar-refractivity contribution in [1.29, 1.82) is 0 Å². The molecule has 10 heteroatoms. The van der Waals surface area contributed by atoms with E-state index in [2.05, 4.69) is 31.2 Å². The van der Waals surface area contributed by atoms with Gasteiger partial charge in [-0.2, -0.15) is 0 Å². The van der Waals surface area contributed by atoms with Crippen LogP contribution in [0.2, 0.25) is 5.02 Å². The molecule has 5 rings (SSSR count). The highest BCUT2D eigenvalue weighted by Gasteiger charge is 2.16. The summed E-state index contributed by atoms with van der Waals surface area (Å²) in [7, 11) is 0. The summed E-state index contributed by atoms with van der Waals surface area (Å²) in [6.45, 7) is 4.20. The molecule has 1 aliphatic rings. The van der Waals surface area contributed by atoms with Crippen molar-refractivity contribution >= 4 is 44.2 Å². The van der Waals surface area contributed by atoms with Crippen molar-refractivity contribution in [2.45, 2.75) is 6.54 Å². The molecule has 1 fully saturated rings. The van der Waals surface area contributed by atoms with Crippen molar-refractivity contribution in [3.05, 3.63) is 75.2 Å². The van der Waals surface area contributed by atoms with Crippen LogP contribution in [0, 0.1) is 0 Å². The Labute approximate surface area is 198 Å². The number of nitrogens with zero attached hydrogens (tertiary/aromatic N) is 3. The summed E-state index contributed by atoms with van der Waals surface area (Å²) in [6, 6.07) is 13.0. The van der Waals surface area contributed by atoms with Crippen molar-refractivity contribution in [3.63, 3.8) is 0 Å². The van der Waals surface area contributed by atoms with Gasteiger partial charge in [0, 0.05) is 36.4 Å². The molecule has 3 heterocycles. The van der Waals surface area contributed by atoms with Gasteiger partial charge in [-0.05, 0) is 42.0 Å². The second-order valence-electron chi connectivity index (χ2n) is 7.65. The lowest BCUT2D eigenvalue weighted by Crippen LogP contribution is -2.35. The largest absolute Gasteiger partial charge is 0.379 e. The molecule has 4 aromatic rings. The molecule has 0 radical (unpaired) electrons. The van der Waals surface area contributed by atoms with Gasteiger partial charge in [-0.1, -0.05) is 29.0 Å². The Balaban J connectivity index is 1.31. The minimum atomic E-state index is -0.556. The molecule has 0 aliphatic carbocycles. The Morgan fingerprint density at radius 3 is 2.73 bits per heavy atom. The maximum Gasteiger partial charge on any atom is 0.264 e. The maximum atomic E-state index is 12.7. The number of hydrogen-bond donors (Lipinski definition) is 2. The van der Waals surface area contributed by atoms with Gasteiger partial charge in [-0.15, -0.1) is 0 Å². The van der Waals surface area contributed by atoms with E-state index in [4.69, 9.17) is 16.3 Å². The molecule has 8 nitrogen and oxygen atoms in total. The average Bonchev–Trinajstić information content (AvgIpc) is 3.21. The summed E-state index contributed by atoms with van der Waals surface area (Å²) in [6.07, 6.45) is 1.27. The third-order valence-corrected chi connectivity index (χ3v) is 6.53. The lowest BCUT2D eigenvalue weighted by molar-refractivity contribution is 0.0342. The highest BCUT2D eigenvalue weighted by atomic mass is 35.5. The molecule has 0 spiro atoms. The van der Waals surface area contributed by atoms with Crippen LogP contribution in [0.4, 0.5) is 5.13 Å². The van der Waals surface area contributed by atoms with Gasteiger partial charge < -0.3 is 9.72 Å². The quantitative estimate of drug-likeness (QED) is 0.450. The molecule has 1 aliphatic heterocycles. The first-order chi connectivity index (χ1) is 16.0. The smallest absolute Gasteiger partial charge is 0.264 e. The minimum absolute atomic E-state index is 0.0834. The number of rotatable bonds is 5. The number of aromatic nitrogens is 3. The van der Waals surface area contributed by atoms with Gasteiger partial charge in [0.05, 0.1) is 23.4 Å². The standard InChI is InChI=1S/C23H20ClN5O3S/c24-16-4-2-15(3-5-16)20-25-12-17(21(30)27-20)22(31)28-23-26-18-6-1-14(11-19(18)33-23)13-29-7-9-32-10-8-29/h1-6,11-12H,7-10,13H2,(H,25,27,30)(H,26,28,31). The first kappa shape index (κ1) is 21.7. The van der Waals surface area contributed by atoms with E-state index in [0.29, 0.717) is 21.5 Å². The third kappa shape index (κ3) is 4.96. The molecular weight excluding hydrogens is 462 g/mol. The van der Waals surface area contributed by atoms with E-state index in [1.54, 1.807) is 24.3 Å². The number of anilines is 1. The van der Waals surface area contributed by atoms with Gasteiger partial charge in [-0.3, -0.25) is 19.8 Å². The van der Waals surface area contributed by atoms with E-state index in [9.17, 15) is 9.59 Å². The molecule has 0 atom stereocenters. The molecule has 2 aromatic heterocycles. The number of ether oxygens (including phenoxy) is 1. The topological polar surface area (TPSA) is 100 Å². The zero-order valence-electron chi connectivity index (χ0n) is 17.5. The second-order valence-corrected chi connectivity index (χ2v) is 9.11. The van der Waals surface area contributed by atoms with Gasteiger partial charge in [0.15, 0.2) is 5.13 Å². The maximum absolute atomic E-state index is 12.7. The van der Waals surface area contributed by atoms with Crippen LogP contribution in [0.15, 0.2) is 53.5 Å². The summed E-state index contributed by atoms with van der Waals surface area (Å²) < 4.78 is 6.38. The van der Waals surface area contributed by atoms with Crippen molar-refractivity contribution in [2.24, 2.45) is 0 Å². The predicted molar refractivity (Wildman–Crippen MR) is 129 cm³/mol. The normalized spacial score (nSPS) is 14.5. The van der Waals surface area contributed by atoms with E-state index in [0.717, 1.165) is 43.1 Å². The first-order valence-corrected chi connectivity index (χ1v) is 11.6. The van der Waals surface area contributed by atoms with E-state index in [1.807, 2.05) is 12.1 Å². The fraction of sp³-hybridized carbons (Fsp3) is 0.217. The Hall–Kier alpha value is -3.11. The lowest BCUT2D eigenvalue weighted by atomic mass is 10.2. The van der Waals surface area contributed by atoms with Crippen molar-refractivity contribution in [3.8, 4) is 11.4 Å². The van der Waals surface area contributed by atoms with Gasteiger partial charge >= 0.3 is 0 Å². The molecule has 0 unspecified atom stereocenters. The molecule has 33 heavy (non-hydrogen) atoms. The number of fused-ring (bicyclic) bond motifs is 1. The van der Waals surface area contributed by atoms with Crippen LogP contribution in [0.25, 0.3) is 21.6 Å². The Morgan fingerprint density at radius 1 is 1.18 bits per heavy atom. The first-order valence-electron chi connectivity index (χ1n) is 10.4. The Kier molecular flexibility index (Phi) is 6.19. The zero-order valence-corrected chi connectivity index (χ0v) is 19.1. The van der Waals surface area contributed by atoms with Crippen LogP contribution in [0.1, 0.15) is 15.9 Å². The monoisotopic (exact) mass is 481 g/mol. The number of thiazole rings is 1. The summed E-state index contributed by atoms with van der Waals surface area (Å²) in [5, 5.41) is 3.73. The van der Waals surface area contributed by atoms with Crippen LogP contribution in [0.3, 0.4) is 0 Å². The number of carbonyl (C=O) groups is 1. The van der Waals surface area contributed by atoms with Crippen LogP contribution in [-0.4, -0.2) is 52.1 Å². The van der Waals surface area contributed by atoms with E-state index >= 15 is 0 Å². The molecule has 2 aromatic carbocycles. The predicted octanol–water partition coefficient (Wildman–Crippen LogP) is 3.78. The molecule has 0 bridgehead atoms. The molecule has 2 N–H and O–H groups in total. The number of nitrogens with one attached hydrogen (secondary N) is 2. The number of carbonyl (C=O) groups excluding carboxylic acids is 1. The van der Waals surface area contributed by atoms with E-state index in [-0.39, 0.29) is 5.56 Å². The van der Waals surface area contributed by atoms with Gasteiger partial charge in [0.25, 0.3) is 11.5 Å². The van der Waals surface area contributed by atoms with Gasteiger partial charge in [0.1, 0.15) is 11.4 Å². The molecule has 1 amide bonds. The van der Waals surface area contributed by atoms with Crippen LogP contribution in [-0.2, 0) is 11.3 Å². The molecule has 168 valence electrons. The fourth-order valence-corrected chi connectivity index (χ4v) is 4.66. The van der Waals surface area contributed by atoms with E-state index in [1.165, 1.54) is 23.1 Å². The van der Waals surface area contributed by atoms with Crippen LogP contribution in [0.5, 0.6) is 0 Å². The highest BCUT2D eigenvalue weighted by Crippen LogP contribution is 2.27. The second kappa shape index (κ2) is 9.40.